The predicted molar refractivity (Wildman–Crippen MR) is 101 cm³/mol. The molecular formula is C17H25ClN4O2S. The third-order valence-electron chi connectivity index (χ3n) is 4.63. The molecule has 0 bridgehead atoms. The van der Waals surface area contributed by atoms with Gasteiger partial charge in [-0.3, -0.25) is 4.79 Å². The molecule has 3 N–H and O–H groups in total. The van der Waals surface area contributed by atoms with E-state index in [1.165, 1.54) is 19.3 Å². The van der Waals surface area contributed by atoms with E-state index in [9.17, 15) is 4.79 Å². The first kappa shape index (κ1) is 19.9. The highest BCUT2D eigenvalue weighted by Gasteiger charge is 2.24. The molecule has 3 rings (SSSR count). The minimum Gasteiger partial charge on any atom is -0.352 e. The van der Waals surface area contributed by atoms with Gasteiger partial charge in [0.15, 0.2) is 0 Å². The van der Waals surface area contributed by atoms with Crippen LogP contribution in [0.4, 0.5) is 0 Å². The molecule has 0 aliphatic heterocycles. The second-order valence-corrected chi connectivity index (χ2v) is 7.11. The van der Waals surface area contributed by atoms with E-state index in [1.54, 1.807) is 11.3 Å². The molecule has 0 saturated heterocycles. The summed E-state index contributed by atoms with van der Waals surface area (Å²) in [5, 5.41) is 11.0. The highest BCUT2D eigenvalue weighted by Crippen LogP contribution is 2.26. The van der Waals surface area contributed by atoms with E-state index in [2.05, 4.69) is 15.5 Å². The molecule has 2 heterocycles. The molecule has 8 heteroatoms. The number of rotatable bonds is 7. The standard InChI is InChI=1S/C17H24N4O2S.ClH/c18-10-14(12-4-2-1-3-5-12)19-15(22)6-7-16-20-17(21-23-16)13-8-9-24-11-13;/h8-9,11-12,14H,1-7,10,18H2,(H,19,22);1H. The Labute approximate surface area is 158 Å². The molecule has 1 fully saturated rings. The Morgan fingerprint density at radius 2 is 2.20 bits per heavy atom. The van der Waals surface area contributed by atoms with Crippen molar-refractivity contribution in [3.63, 3.8) is 0 Å². The van der Waals surface area contributed by atoms with Gasteiger partial charge in [-0.25, -0.2) is 0 Å². The lowest BCUT2D eigenvalue weighted by Crippen LogP contribution is -2.46. The monoisotopic (exact) mass is 384 g/mol. The number of hydrogen-bond donors (Lipinski definition) is 2. The fraction of sp³-hybridized carbons (Fsp3) is 0.588. The van der Waals surface area contributed by atoms with Crippen molar-refractivity contribution >= 4 is 29.7 Å². The van der Waals surface area contributed by atoms with Gasteiger partial charge in [-0.2, -0.15) is 16.3 Å². The zero-order valence-electron chi connectivity index (χ0n) is 14.1. The van der Waals surface area contributed by atoms with Crippen molar-refractivity contribution < 1.29 is 9.32 Å². The molecule has 0 spiro atoms. The van der Waals surface area contributed by atoms with E-state index < -0.39 is 0 Å². The number of nitrogens with one attached hydrogen (secondary N) is 1. The number of amides is 1. The number of aromatic nitrogens is 2. The Morgan fingerprint density at radius 1 is 1.40 bits per heavy atom. The summed E-state index contributed by atoms with van der Waals surface area (Å²) in [6.45, 7) is 0.499. The van der Waals surface area contributed by atoms with Crippen molar-refractivity contribution in [2.75, 3.05) is 6.54 Å². The Hall–Kier alpha value is -1.44. The summed E-state index contributed by atoms with van der Waals surface area (Å²) >= 11 is 1.59. The van der Waals surface area contributed by atoms with Crippen molar-refractivity contribution in [1.29, 1.82) is 0 Å². The fourth-order valence-electron chi connectivity index (χ4n) is 3.27. The van der Waals surface area contributed by atoms with Gasteiger partial charge in [0, 0.05) is 36.4 Å². The molecule has 0 radical (unpaired) electrons. The number of halogens is 1. The number of nitrogens with two attached hydrogens (primary N) is 1. The van der Waals surface area contributed by atoms with Gasteiger partial charge in [0.2, 0.25) is 17.6 Å². The van der Waals surface area contributed by atoms with Crippen LogP contribution in [0.2, 0.25) is 0 Å². The Morgan fingerprint density at radius 3 is 2.88 bits per heavy atom. The van der Waals surface area contributed by atoms with E-state index >= 15 is 0 Å². The van der Waals surface area contributed by atoms with Crippen LogP contribution >= 0.6 is 23.7 Å². The molecule has 6 nitrogen and oxygen atoms in total. The van der Waals surface area contributed by atoms with E-state index in [1.807, 2.05) is 16.8 Å². The molecule has 2 aromatic heterocycles. The highest BCUT2D eigenvalue weighted by molar-refractivity contribution is 7.08. The first-order valence-electron chi connectivity index (χ1n) is 8.61. The van der Waals surface area contributed by atoms with E-state index in [-0.39, 0.29) is 24.4 Å². The van der Waals surface area contributed by atoms with E-state index in [0.29, 0.717) is 37.0 Å². The number of hydrogen-bond acceptors (Lipinski definition) is 6. The molecule has 1 unspecified atom stereocenters. The van der Waals surface area contributed by atoms with Gasteiger partial charge in [0.1, 0.15) is 0 Å². The molecule has 1 aliphatic carbocycles. The maximum Gasteiger partial charge on any atom is 0.227 e. The Bertz CT molecular complexity index is 641. The van der Waals surface area contributed by atoms with Gasteiger partial charge in [-0.05, 0) is 30.2 Å². The smallest absolute Gasteiger partial charge is 0.227 e. The van der Waals surface area contributed by atoms with E-state index in [0.717, 1.165) is 18.4 Å². The SMILES string of the molecule is Cl.NCC(NC(=O)CCc1nc(-c2ccsc2)no1)C1CCCCC1. The van der Waals surface area contributed by atoms with Crippen LogP contribution < -0.4 is 11.1 Å². The highest BCUT2D eigenvalue weighted by atomic mass is 35.5. The van der Waals surface area contributed by atoms with Crippen LogP contribution in [-0.2, 0) is 11.2 Å². The van der Waals surface area contributed by atoms with Gasteiger partial charge in [0.25, 0.3) is 0 Å². The number of carbonyl (C=O) groups is 1. The zero-order valence-corrected chi connectivity index (χ0v) is 15.8. The van der Waals surface area contributed by atoms with Crippen LogP contribution in [-0.4, -0.2) is 28.6 Å². The first-order chi connectivity index (χ1) is 11.8. The van der Waals surface area contributed by atoms with Crippen LogP contribution in [0.1, 0.15) is 44.4 Å². The van der Waals surface area contributed by atoms with Crippen LogP contribution in [0.25, 0.3) is 11.4 Å². The molecule has 1 amide bonds. The van der Waals surface area contributed by atoms with Gasteiger partial charge >= 0.3 is 0 Å². The largest absolute Gasteiger partial charge is 0.352 e. The summed E-state index contributed by atoms with van der Waals surface area (Å²) < 4.78 is 5.23. The zero-order chi connectivity index (χ0) is 16.8. The number of carbonyl (C=O) groups excluding carboxylic acids is 1. The number of thiophene rings is 1. The predicted octanol–water partition coefficient (Wildman–Crippen LogP) is 3.18. The van der Waals surface area contributed by atoms with Crippen molar-refractivity contribution in [2.24, 2.45) is 11.7 Å². The lowest BCUT2D eigenvalue weighted by molar-refractivity contribution is -0.122. The average Bonchev–Trinajstić information content (AvgIpc) is 3.29. The quantitative estimate of drug-likeness (QED) is 0.764. The van der Waals surface area contributed by atoms with E-state index in [4.69, 9.17) is 10.3 Å². The second-order valence-electron chi connectivity index (χ2n) is 6.33. The summed E-state index contributed by atoms with van der Waals surface area (Å²) in [6, 6.07) is 2.03. The molecule has 1 aliphatic rings. The van der Waals surface area contributed by atoms with Crippen LogP contribution in [0.3, 0.4) is 0 Å². The Kier molecular flexibility index (Phi) is 7.87. The lowest BCUT2D eigenvalue weighted by atomic mass is 9.84. The number of nitrogens with zero attached hydrogens (tertiary/aromatic N) is 2. The molecule has 2 aromatic rings. The van der Waals surface area contributed by atoms with Crippen molar-refractivity contribution in [2.45, 2.75) is 51.0 Å². The normalized spacial score (nSPS) is 16.2. The average molecular weight is 385 g/mol. The van der Waals surface area contributed by atoms with Crippen LogP contribution in [0.5, 0.6) is 0 Å². The molecule has 1 saturated carbocycles. The topological polar surface area (TPSA) is 94.0 Å². The Balaban J connectivity index is 0.00000225. The minimum atomic E-state index is 0. The molecule has 138 valence electrons. The van der Waals surface area contributed by atoms with Crippen LogP contribution in [0, 0.1) is 5.92 Å². The summed E-state index contributed by atoms with van der Waals surface area (Å²) in [5.41, 5.74) is 6.81. The van der Waals surface area contributed by atoms with Crippen molar-refractivity contribution in [3.05, 3.63) is 22.7 Å². The summed E-state index contributed by atoms with van der Waals surface area (Å²) in [7, 11) is 0. The fourth-order valence-corrected chi connectivity index (χ4v) is 3.90. The molecule has 0 aromatic carbocycles. The van der Waals surface area contributed by atoms with Crippen LogP contribution in [0.15, 0.2) is 21.3 Å². The van der Waals surface area contributed by atoms with Gasteiger partial charge in [-0.15, -0.1) is 12.4 Å². The molecule has 1 atom stereocenters. The number of aryl methyl sites for hydroxylation is 1. The molecular weight excluding hydrogens is 360 g/mol. The van der Waals surface area contributed by atoms with Gasteiger partial charge in [0.05, 0.1) is 0 Å². The summed E-state index contributed by atoms with van der Waals surface area (Å²) in [4.78, 5) is 16.5. The molecule has 25 heavy (non-hydrogen) atoms. The summed E-state index contributed by atoms with van der Waals surface area (Å²) in [6.07, 6.45) is 6.89. The third kappa shape index (κ3) is 5.52. The minimum absolute atomic E-state index is 0. The third-order valence-corrected chi connectivity index (χ3v) is 5.32. The maximum atomic E-state index is 12.2. The van der Waals surface area contributed by atoms with Crippen molar-refractivity contribution in [3.8, 4) is 11.4 Å². The van der Waals surface area contributed by atoms with Gasteiger partial charge in [-0.1, -0.05) is 24.4 Å². The maximum absolute atomic E-state index is 12.2. The first-order valence-corrected chi connectivity index (χ1v) is 9.55. The second kappa shape index (κ2) is 9.89. The van der Waals surface area contributed by atoms with Gasteiger partial charge < -0.3 is 15.6 Å². The summed E-state index contributed by atoms with van der Waals surface area (Å²) in [5.74, 6) is 1.59. The lowest BCUT2D eigenvalue weighted by Gasteiger charge is -2.30. The van der Waals surface area contributed by atoms with Crippen molar-refractivity contribution in [1.82, 2.24) is 15.5 Å².